The molecule has 0 saturated heterocycles. The first-order valence-electron chi connectivity index (χ1n) is 7.17. The maximum atomic E-state index is 12.8. The van der Waals surface area contributed by atoms with E-state index in [4.69, 9.17) is 23.2 Å². The summed E-state index contributed by atoms with van der Waals surface area (Å²) in [4.78, 5) is 28.2. The average Bonchev–Trinajstić information content (AvgIpc) is 3.06. The molecule has 0 aromatic heterocycles. The van der Waals surface area contributed by atoms with Crippen LogP contribution in [0.5, 0.6) is 0 Å². The van der Waals surface area contributed by atoms with E-state index in [9.17, 15) is 9.59 Å². The number of allylic oxidation sites excluding steroid dienone is 2. The number of carbonyl (C=O) groups excluding carboxylic acids is 2. The molecule has 2 nitrogen and oxygen atoms in total. The van der Waals surface area contributed by atoms with E-state index >= 15 is 0 Å². The van der Waals surface area contributed by atoms with Gasteiger partial charge in [0.15, 0.2) is 0 Å². The average molecular weight is 393 g/mol. The predicted octanol–water partition coefficient (Wildman–Crippen LogP) is 6.10. The number of hydrogen-bond donors (Lipinski definition) is 0. The first-order chi connectivity index (χ1) is 11.4. The third kappa shape index (κ3) is 2.21. The van der Waals surface area contributed by atoms with Crippen molar-refractivity contribution in [2.75, 3.05) is 0 Å². The fourth-order valence-corrected chi connectivity index (χ4v) is 5.73. The molecule has 0 saturated carbocycles. The van der Waals surface area contributed by atoms with Crippen molar-refractivity contribution >= 4 is 58.3 Å². The second-order valence-corrected chi connectivity index (χ2v) is 8.47. The second-order valence-electron chi connectivity index (χ2n) is 5.62. The number of halogens is 2. The zero-order valence-corrected chi connectivity index (χ0v) is 15.8. The van der Waals surface area contributed by atoms with Gasteiger partial charge in [-0.3, -0.25) is 9.59 Å². The Morgan fingerprint density at radius 1 is 0.708 bits per heavy atom. The summed E-state index contributed by atoms with van der Waals surface area (Å²) in [5, 5.41) is 1.24. The summed E-state index contributed by atoms with van der Waals surface area (Å²) in [7, 11) is 0. The molecule has 0 spiro atoms. The molecule has 4 rings (SSSR count). The minimum absolute atomic E-state index is 0.109. The van der Waals surface area contributed by atoms with E-state index in [0.29, 0.717) is 31.0 Å². The van der Waals surface area contributed by atoms with Gasteiger partial charge in [-0.15, -0.1) is 0 Å². The Bertz CT molecular complexity index is 913. The van der Waals surface area contributed by atoms with Crippen molar-refractivity contribution in [2.45, 2.75) is 23.6 Å². The third-order valence-electron chi connectivity index (χ3n) is 4.20. The molecule has 24 heavy (non-hydrogen) atoms. The van der Waals surface area contributed by atoms with Crippen molar-refractivity contribution in [3.8, 4) is 0 Å². The van der Waals surface area contributed by atoms with E-state index < -0.39 is 0 Å². The van der Waals surface area contributed by atoms with Gasteiger partial charge in [-0.05, 0) is 49.2 Å². The molecule has 0 unspecified atom stereocenters. The molecule has 0 fully saturated rings. The van der Waals surface area contributed by atoms with Crippen molar-refractivity contribution in [3.63, 3.8) is 0 Å². The van der Waals surface area contributed by atoms with Crippen LogP contribution in [0, 0.1) is 13.8 Å². The van der Waals surface area contributed by atoms with Gasteiger partial charge in [0, 0.05) is 31.0 Å². The number of fused-ring (bicyclic) bond motifs is 2. The molecule has 0 bridgehead atoms. The summed E-state index contributed by atoms with van der Waals surface area (Å²) in [6.45, 7) is 3.77. The molecule has 0 amide bonds. The van der Waals surface area contributed by atoms with E-state index in [0.717, 1.165) is 20.9 Å². The molecular weight excluding hydrogens is 383 g/mol. The van der Waals surface area contributed by atoms with Crippen LogP contribution in [0.15, 0.2) is 43.9 Å². The molecule has 0 aliphatic carbocycles. The summed E-state index contributed by atoms with van der Waals surface area (Å²) < 4.78 is 0. The predicted molar refractivity (Wildman–Crippen MR) is 99.8 cm³/mol. The largest absolute Gasteiger partial charge is 0.288 e. The van der Waals surface area contributed by atoms with Gasteiger partial charge >= 0.3 is 0 Å². The lowest BCUT2D eigenvalue weighted by molar-refractivity contribution is 0.101. The number of hydrogen-bond acceptors (Lipinski definition) is 4. The van der Waals surface area contributed by atoms with Gasteiger partial charge in [0.25, 0.3) is 0 Å². The number of rotatable bonds is 0. The Kier molecular flexibility index (Phi) is 3.84. The van der Waals surface area contributed by atoms with Crippen LogP contribution >= 0.6 is 46.7 Å². The smallest absolute Gasteiger partial charge is 0.202 e. The summed E-state index contributed by atoms with van der Waals surface area (Å²) in [5.74, 6) is -0.218. The van der Waals surface area contributed by atoms with Crippen LogP contribution in [0.4, 0.5) is 0 Å². The van der Waals surface area contributed by atoms with E-state index in [-0.39, 0.29) is 11.6 Å². The number of carbonyl (C=O) groups is 2. The van der Waals surface area contributed by atoms with Gasteiger partial charge in [-0.1, -0.05) is 46.7 Å². The van der Waals surface area contributed by atoms with E-state index in [1.165, 1.54) is 23.5 Å². The highest BCUT2D eigenvalue weighted by atomic mass is 35.5. The molecule has 0 radical (unpaired) electrons. The highest BCUT2D eigenvalue weighted by molar-refractivity contribution is 8.08. The summed E-state index contributed by atoms with van der Waals surface area (Å²) in [6.07, 6.45) is 0. The topological polar surface area (TPSA) is 34.1 Å². The second kappa shape index (κ2) is 5.67. The minimum Gasteiger partial charge on any atom is -0.288 e. The molecule has 2 heterocycles. The molecule has 120 valence electrons. The fourth-order valence-electron chi connectivity index (χ4n) is 2.80. The van der Waals surface area contributed by atoms with Crippen LogP contribution in [-0.2, 0) is 0 Å². The monoisotopic (exact) mass is 392 g/mol. The molecule has 2 aromatic rings. The number of benzene rings is 2. The highest BCUT2D eigenvalue weighted by Crippen LogP contribution is 2.52. The molecule has 0 N–H and O–H groups in total. The SMILES string of the molecule is Cc1c(Cl)ccc2c1S/C(=C1/Sc3c(ccc(Cl)c3C)C1=O)C2=O. The van der Waals surface area contributed by atoms with Crippen LogP contribution in [-0.4, -0.2) is 11.6 Å². The van der Waals surface area contributed by atoms with Crippen molar-refractivity contribution in [2.24, 2.45) is 0 Å². The quantitative estimate of drug-likeness (QED) is 0.507. The Balaban J connectivity index is 1.86. The maximum Gasteiger partial charge on any atom is 0.202 e. The van der Waals surface area contributed by atoms with Gasteiger partial charge in [0.2, 0.25) is 11.6 Å². The lowest BCUT2D eigenvalue weighted by atomic mass is 10.0. The summed E-state index contributed by atoms with van der Waals surface area (Å²) in [6, 6.07) is 6.91. The van der Waals surface area contributed by atoms with Crippen molar-refractivity contribution in [1.29, 1.82) is 0 Å². The molecular formula is C18H10Cl2O2S2. The Morgan fingerprint density at radius 3 is 1.46 bits per heavy atom. The number of Topliss-reactive ketones (excluding diaryl/α,β-unsaturated/α-hetero) is 2. The van der Waals surface area contributed by atoms with E-state index in [1.54, 1.807) is 24.3 Å². The zero-order valence-electron chi connectivity index (χ0n) is 12.7. The van der Waals surface area contributed by atoms with Crippen LogP contribution in [0.2, 0.25) is 10.0 Å². The molecule has 2 aromatic carbocycles. The maximum absolute atomic E-state index is 12.8. The highest BCUT2D eigenvalue weighted by Gasteiger charge is 2.37. The van der Waals surface area contributed by atoms with Crippen molar-refractivity contribution < 1.29 is 9.59 Å². The van der Waals surface area contributed by atoms with Gasteiger partial charge in [0.1, 0.15) is 0 Å². The Hall–Kier alpha value is -1.20. The van der Waals surface area contributed by atoms with E-state index in [2.05, 4.69) is 0 Å². The van der Waals surface area contributed by atoms with Crippen molar-refractivity contribution in [1.82, 2.24) is 0 Å². The van der Waals surface area contributed by atoms with Gasteiger partial charge in [-0.25, -0.2) is 0 Å². The number of ketones is 2. The van der Waals surface area contributed by atoms with Crippen LogP contribution < -0.4 is 0 Å². The zero-order chi connectivity index (χ0) is 17.2. The lowest BCUT2D eigenvalue weighted by Crippen LogP contribution is -2.02. The minimum atomic E-state index is -0.109. The number of thioether (sulfide) groups is 2. The first kappa shape index (κ1) is 16.3. The molecule has 6 heteroatoms. The van der Waals surface area contributed by atoms with Gasteiger partial charge in [0.05, 0.1) is 9.81 Å². The van der Waals surface area contributed by atoms with Crippen LogP contribution in [0.3, 0.4) is 0 Å². The lowest BCUT2D eigenvalue weighted by Gasteiger charge is -2.03. The summed E-state index contributed by atoms with van der Waals surface area (Å²) in [5.41, 5.74) is 2.97. The molecule has 2 aliphatic rings. The summed E-state index contributed by atoms with van der Waals surface area (Å²) >= 11 is 15.0. The van der Waals surface area contributed by atoms with Crippen LogP contribution in [0.25, 0.3) is 0 Å². The molecule has 0 atom stereocenters. The first-order valence-corrected chi connectivity index (χ1v) is 9.56. The Morgan fingerprint density at radius 2 is 1.08 bits per heavy atom. The van der Waals surface area contributed by atoms with Crippen LogP contribution in [0.1, 0.15) is 31.8 Å². The Labute approximate surface area is 157 Å². The standard InChI is InChI=1S/C18H10Cl2O2S2/c1-7-11(19)5-3-9-13(21)17(23-15(7)9)18-14(22)10-4-6-12(20)8(2)16(10)24-18/h3-6H,1-2H3/b18-17+. The fraction of sp³-hybridized carbons (Fsp3) is 0.111. The normalized spacial score (nSPS) is 19.0. The molecule has 2 aliphatic heterocycles. The van der Waals surface area contributed by atoms with Gasteiger partial charge in [-0.2, -0.15) is 0 Å². The van der Waals surface area contributed by atoms with Gasteiger partial charge < -0.3 is 0 Å². The van der Waals surface area contributed by atoms with E-state index in [1.807, 2.05) is 13.8 Å². The van der Waals surface area contributed by atoms with Crippen molar-refractivity contribution in [3.05, 3.63) is 66.4 Å². The third-order valence-corrected chi connectivity index (χ3v) is 7.79.